The Kier molecular flexibility index (Phi) is 3.76. The summed E-state index contributed by atoms with van der Waals surface area (Å²) >= 11 is 0. The molecule has 1 aromatic heterocycles. The third kappa shape index (κ3) is 2.89. The second-order valence-electron chi connectivity index (χ2n) is 4.75. The van der Waals surface area contributed by atoms with Gasteiger partial charge in [-0.3, -0.25) is 9.78 Å². The van der Waals surface area contributed by atoms with Crippen LogP contribution in [0, 0.1) is 0 Å². The Balaban J connectivity index is 1.96. The number of nitrogens with one attached hydrogen (secondary N) is 2. The number of amides is 1. The molecule has 0 aliphatic heterocycles. The number of aromatic nitrogens is 1. The van der Waals surface area contributed by atoms with Crippen LogP contribution in [0.4, 0.5) is 5.69 Å². The van der Waals surface area contributed by atoms with Crippen molar-refractivity contribution in [1.82, 2.24) is 4.98 Å². The zero-order valence-electron chi connectivity index (χ0n) is 12.5. The van der Waals surface area contributed by atoms with Gasteiger partial charge in [-0.25, -0.2) is 4.79 Å². The van der Waals surface area contributed by atoms with Crippen molar-refractivity contribution >= 4 is 22.7 Å². The number of methoxy groups -OCH3 is 2. The summed E-state index contributed by atoms with van der Waals surface area (Å²) in [6.07, 6.45) is 0. The molecule has 0 fully saturated rings. The summed E-state index contributed by atoms with van der Waals surface area (Å²) in [7, 11) is 3.01. The van der Waals surface area contributed by atoms with Crippen LogP contribution in [-0.2, 0) is 0 Å². The first kappa shape index (κ1) is 14.7. The van der Waals surface area contributed by atoms with Crippen molar-refractivity contribution in [3.8, 4) is 11.5 Å². The van der Waals surface area contributed by atoms with E-state index in [0.717, 1.165) is 0 Å². The highest BCUT2D eigenvalue weighted by molar-refractivity contribution is 6.08. The first-order chi connectivity index (χ1) is 11.1. The predicted octanol–water partition coefficient (Wildman–Crippen LogP) is 2.39. The number of hydrogen-bond acceptors (Lipinski definition) is 5. The van der Waals surface area contributed by atoms with E-state index in [4.69, 9.17) is 13.9 Å². The van der Waals surface area contributed by atoms with E-state index in [1.165, 1.54) is 14.2 Å². The summed E-state index contributed by atoms with van der Waals surface area (Å²) in [5, 5.41) is 2.71. The zero-order chi connectivity index (χ0) is 16.4. The number of oxazole rings is 1. The number of hydrogen-bond donors (Lipinski definition) is 2. The topological polar surface area (TPSA) is 93.6 Å². The molecular formula is C16H14N2O5. The number of fused-ring (bicyclic) bond motifs is 1. The van der Waals surface area contributed by atoms with Gasteiger partial charge in [-0.05, 0) is 24.3 Å². The Morgan fingerprint density at radius 1 is 1.13 bits per heavy atom. The first-order valence-electron chi connectivity index (χ1n) is 6.77. The van der Waals surface area contributed by atoms with Gasteiger partial charge in [-0.15, -0.1) is 0 Å². The minimum Gasteiger partial charge on any atom is -0.497 e. The van der Waals surface area contributed by atoms with E-state index in [-0.39, 0.29) is 5.91 Å². The highest BCUT2D eigenvalue weighted by Gasteiger charge is 2.13. The van der Waals surface area contributed by atoms with Gasteiger partial charge in [-0.1, -0.05) is 6.07 Å². The van der Waals surface area contributed by atoms with Crippen molar-refractivity contribution in [1.29, 1.82) is 0 Å². The fourth-order valence-corrected chi connectivity index (χ4v) is 2.21. The number of para-hydroxylation sites is 1. The van der Waals surface area contributed by atoms with Crippen molar-refractivity contribution in [2.45, 2.75) is 0 Å². The summed E-state index contributed by atoms with van der Waals surface area (Å²) in [5.41, 5.74) is 1.56. The number of carbonyl (C=O) groups is 1. The highest BCUT2D eigenvalue weighted by atomic mass is 16.5. The van der Waals surface area contributed by atoms with Crippen molar-refractivity contribution in [2.75, 3.05) is 19.5 Å². The lowest BCUT2D eigenvalue weighted by molar-refractivity contribution is 0.102. The predicted molar refractivity (Wildman–Crippen MR) is 84.3 cm³/mol. The molecule has 118 valence electrons. The van der Waals surface area contributed by atoms with Gasteiger partial charge in [0, 0.05) is 11.6 Å². The summed E-state index contributed by atoms with van der Waals surface area (Å²) in [6, 6.07) is 9.88. The molecule has 0 bridgehead atoms. The third-order valence-electron chi connectivity index (χ3n) is 3.31. The average molecular weight is 314 g/mol. The van der Waals surface area contributed by atoms with Crippen molar-refractivity contribution in [2.24, 2.45) is 0 Å². The summed E-state index contributed by atoms with van der Waals surface area (Å²) in [4.78, 5) is 26.3. The Hall–Kier alpha value is -3.22. The fraction of sp³-hybridized carbons (Fsp3) is 0.125. The third-order valence-corrected chi connectivity index (χ3v) is 3.31. The van der Waals surface area contributed by atoms with Crippen LogP contribution < -0.4 is 20.5 Å². The van der Waals surface area contributed by atoms with Crippen molar-refractivity contribution in [3.05, 3.63) is 52.5 Å². The summed E-state index contributed by atoms with van der Waals surface area (Å²) in [6.45, 7) is 0. The van der Waals surface area contributed by atoms with E-state index < -0.39 is 5.76 Å². The molecule has 7 heteroatoms. The molecule has 2 N–H and O–H groups in total. The lowest BCUT2D eigenvalue weighted by Gasteiger charge is -2.09. The van der Waals surface area contributed by atoms with Crippen LogP contribution in [-0.4, -0.2) is 25.1 Å². The number of H-pyrrole nitrogens is 1. The molecule has 23 heavy (non-hydrogen) atoms. The molecule has 1 heterocycles. The molecular weight excluding hydrogens is 300 g/mol. The molecule has 0 aliphatic carbocycles. The van der Waals surface area contributed by atoms with Gasteiger partial charge in [0.15, 0.2) is 5.58 Å². The van der Waals surface area contributed by atoms with Crippen LogP contribution in [0.25, 0.3) is 11.1 Å². The second-order valence-corrected chi connectivity index (χ2v) is 4.75. The molecule has 1 amide bonds. The molecule has 2 aromatic carbocycles. The zero-order valence-corrected chi connectivity index (χ0v) is 12.5. The number of benzene rings is 2. The molecule has 0 unspecified atom stereocenters. The molecule has 3 aromatic rings. The Morgan fingerprint density at radius 3 is 2.48 bits per heavy atom. The number of rotatable bonds is 4. The lowest BCUT2D eigenvalue weighted by Crippen LogP contribution is -2.12. The van der Waals surface area contributed by atoms with E-state index in [1.54, 1.807) is 36.4 Å². The monoisotopic (exact) mass is 314 g/mol. The lowest BCUT2D eigenvalue weighted by atomic mass is 10.1. The molecule has 0 saturated heterocycles. The molecule has 0 atom stereocenters. The number of ether oxygens (including phenoxy) is 2. The molecule has 0 aliphatic rings. The second kappa shape index (κ2) is 5.88. The quantitative estimate of drug-likeness (QED) is 0.771. The molecule has 0 saturated carbocycles. The SMILES string of the molecule is COc1cc(OC)cc(C(=O)Nc2cccc3[nH]c(=O)oc23)c1. The summed E-state index contributed by atoms with van der Waals surface area (Å²) < 4.78 is 15.3. The van der Waals surface area contributed by atoms with E-state index in [1.807, 2.05) is 0 Å². The van der Waals surface area contributed by atoms with E-state index in [2.05, 4.69) is 10.3 Å². The molecule has 7 nitrogen and oxygen atoms in total. The summed E-state index contributed by atoms with van der Waals surface area (Å²) in [5.74, 6) is 0.0464. The Bertz CT molecular complexity index is 903. The van der Waals surface area contributed by atoms with Crippen LogP contribution >= 0.6 is 0 Å². The van der Waals surface area contributed by atoms with Crippen LogP contribution in [0.5, 0.6) is 11.5 Å². The molecule has 0 spiro atoms. The van der Waals surface area contributed by atoms with Gasteiger partial charge >= 0.3 is 5.76 Å². The standard InChI is InChI=1S/C16H14N2O5/c1-21-10-6-9(7-11(8-10)22-2)15(19)17-12-4-3-5-13-14(12)23-16(20)18-13/h3-8H,1-2H3,(H,17,19)(H,18,20). The van der Waals surface area contributed by atoms with Gasteiger partial charge in [0.25, 0.3) is 5.91 Å². The highest BCUT2D eigenvalue weighted by Crippen LogP contribution is 2.25. The maximum Gasteiger partial charge on any atom is 0.417 e. The maximum atomic E-state index is 12.4. The number of aromatic amines is 1. The van der Waals surface area contributed by atoms with Crippen LogP contribution in [0.1, 0.15) is 10.4 Å². The van der Waals surface area contributed by atoms with Gasteiger partial charge in [-0.2, -0.15) is 0 Å². The smallest absolute Gasteiger partial charge is 0.417 e. The Morgan fingerprint density at radius 2 is 1.83 bits per heavy atom. The minimum atomic E-state index is -0.579. The fourth-order valence-electron chi connectivity index (χ4n) is 2.21. The molecule has 3 rings (SSSR count). The minimum absolute atomic E-state index is 0.292. The van der Waals surface area contributed by atoms with Gasteiger partial charge < -0.3 is 19.2 Å². The normalized spacial score (nSPS) is 10.5. The number of carbonyl (C=O) groups excluding carboxylic acids is 1. The van der Waals surface area contributed by atoms with E-state index in [0.29, 0.717) is 33.8 Å². The van der Waals surface area contributed by atoms with Crippen LogP contribution in [0.2, 0.25) is 0 Å². The van der Waals surface area contributed by atoms with Crippen molar-refractivity contribution in [3.63, 3.8) is 0 Å². The Labute approximate surface area is 130 Å². The molecule has 0 radical (unpaired) electrons. The van der Waals surface area contributed by atoms with E-state index in [9.17, 15) is 9.59 Å². The first-order valence-corrected chi connectivity index (χ1v) is 6.77. The number of anilines is 1. The van der Waals surface area contributed by atoms with Gasteiger partial charge in [0.05, 0.1) is 25.4 Å². The van der Waals surface area contributed by atoms with Crippen molar-refractivity contribution < 1.29 is 18.7 Å². The van der Waals surface area contributed by atoms with Crippen LogP contribution in [0.3, 0.4) is 0 Å². The largest absolute Gasteiger partial charge is 0.497 e. The maximum absolute atomic E-state index is 12.4. The van der Waals surface area contributed by atoms with E-state index >= 15 is 0 Å². The van der Waals surface area contributed by atoms with Gasteiger partial charge in [0.2, 0.25) is 0 Å². The average Bonchev–Trinajstić information content (AvgIpc) is 2.95. The van der Waals surface area contributed by atoms with Gasteiger partial charge in [0.1, 0.15) is 11.5 Å². The van der Waals surface area contributed by atoms with Crippen LogP contribution in [0.15, 0.2) is 45.6 Å².